The van der Waals surface area contributed by atoms with Crippen LogP contribution in [0.25, 0.3) is 0 Å². The van der Waals surface area contributed by atoms with Gasteiger partial charge in [0.15, 0.2) is 0 Å². The van der Waals surface area contributed by atoms with E-state index in [0.29, 0.717) is 26.0 Å². The molecule has 0 bridgehead atoms. The zero-order valence-corrected chi connectivity index (χ0v) is 14.1. The van der Waals surface area contributed by atoms with Crippen molar-refractivity contribution in [1.29, 1.82) is 0 Å². The lowest BCUT2D eigenvalue weighted by molar-refractivity contribution is -0.118. The van der Waals surface area contributed by atoms with Crippen LogP contribution in [0.1, 0.15) is 31.2 Å². The number of aryl methyl sites for hydroxylation is 1. The molecule has 1 aromatic carbocycles. The fraction of sp³-hybridized carbons (Fsp3) is 0.562. The van der Waals surface area contributed by atoms with E-state index in [0.717, 1.165) is 30.5 Å². The first-order valence-electron chi connectivity index (χ1n) is 7.98. The number of benzene rings is 1. The van der Waals surface area contributed by atoms with Crippen LogP contribution in [0.2, 0.25) is 0 Å². The van der Waals surface area contributed by atoms with Gasteiger partial charge in [-0.05, 0) is 49.4 Å². The molecule has 1 N–H and O–H groups in total. The van der Waals surface area contributed by atoms with E-state index in [9.17, 15) is 13.2 Å². The molecule has 1 amide bonds. The summed E-state index contributed by atoms with van der Waals surface area (Å²) in [5.74, 6) is 0.0656. The predicted octanol–water partition coefficient (Wildman–Crippen LogP) is 1.44. The summed E-state index contributed by atoms with van der Waals surface area (Å²) in [6.45, 7) is 1.00. The molecule has 2 heterocycles. The number of nitrogens with one attached hydrogen (secondary N) is 1. The SMILES string of the molecule is CN1C(=O)CCCc2cc(S(=O)(=O)NCC3CCCO3)ccc21. The summed E-state index contributed by atoms with van der Waals surface area (Å²) in [4.78, 5) is 13.7. The third-order valence-corrected chi connectivity index (χ3v) is 5.88. The first-order chi connectivity index (χ1) is 11.0. The molecule has 0 radical (unpaired) electrons. The third-order valence-electron chi connectivity index (χ3n) is 4.46. The average molecular weight is 338 g/mol. The Balaban J connectivity index is 1.80. The van der Waals surface area contributed by atoms with Crippen molar-refractivity contribution < 1.29 is 17.9 Å². The molecule has 0 saturated carbocycles. The van der Waals surface area contributed by atoms with E-state index in [-0.39, 0.29) is 16.9 Å². The number of carbonyl (C=O) groups excluding carboxylic acids is 1. The van der Waals surface area contributed by atoms with Crippen molar-refractivity contribution >= 4 is 21.6 Å². The van der Waals surface area contributed by atoms with E-state index in [1.54, 1.807) is 30.1 Å². The number of amides is 1. The van der Waals surface area contributed by atoms with Crippen molar-refractivity contribution in [3.63, 3.8) is 0 Å². The van der Waals surface area contributed by atoms with Gasteiger partial charge in [0.05, 0.1) is 11.0 Å². The highest BCUT2D eigenvalue weighted by molar-refractivity contribution is 7.89. The largest absolute Gasteiger partial charge is 0.377 e. The fourth-order valence-corrected chi connectivity index (χ4v) is 4.20. The molecule has 23 heavy (non-hydrogen) atoms. The topological polar surface area (TPSA) is 75.7 Å². The minimum atomic E-state index is -3.56. The monoisotopic (exact) mass is 338 g/mol. The molecule has 1 fully saturated rings. The van der Waals surface area contributed by atoms with Gasteiger partial charge in [-0.1, -0.05) is 0 Å². The zero-order valence-electron chi connectivity index (χ0n) is 13.2. The fourth-order valence-electron chi connectivity index (χ4n) is 3.08. The second-order valence-corrected chi connectivity index (χ2v) is 7.85. The highest BCUT2D eigenvalue weighted by Gasteiger charge is 2.23. The van der Waals surface area contributed by atoms with Crippen molar-refractivity contribution in [3.05, 3.63) is 23.8 Å². The molecule has 0 aromatic heterocycles. The number of fused-ring (bicyclic) bond motifs is 1. The number of hydrogen-bond acceptors (Lipinski definition) is 4. The summed E-state index contributed by atoms with van der Waals surface area (Å²) in [7, 11) is -1.83. The normalized spacial score (nSPS) is 22.0. The zero-order chi connectivity index (χ0) is 16.4. The lowest BCUT2D eigenvalue weighted by atomic mass is 10.1. The van der Waals surface area contributed by atoms with Crippen LogP contribution in [0.3, 0.4) is 0 Å². The molecule has 0 spiro atoms. The molecular weight excluding hydrogens is 316 g/mol. The Morgan fingerprint density at radius 2 is 2.13 bits per heavy atom. The summed E-state index contributed by atoms with van der Waals surface area (Å²) in [5, 5.41) is 0. The van der Waals surface area contributed by atoms with Gasteiger partial charge in [-0.2, -0.15) is 0 Å². The maximum Gasteiger partial charge on any atom is 0.240 e. The van der Waals surface area contributed by atoms with E-state index in [1.807, 2.05) is 0 Å². The summed E-state index contributed by atoms with van der Waals surface area (Å²) in [6, 6.07) is 4.97. The van der Waals surface area contributed by atoms with E-state index >= 15 is 0 Å². The predicted molar refractivity (Wildman–Crippen MR) is 87.0 cm³/mol. The second kappa shape index (κ2) is 6.59. The molecule has 1 atom stereocenters. The first kappa shape index (κ1) is 16.4. The number of nitrogens with zero attached hydrogens (tertiary/aromatic N) is 1. The van der Waals surface area contributed by atoms with Crippen LogP contribution in [0.15, 0.2) is 23.1 Å². The van der Waals surface area contributed by atoms with Crippen LogP contribution in [0.5, 0.6) is 0 Å². The Labute approximate surface area is 136 Å². The van der Waals surface area contributed by atoms with Gasteiger partial charge in [-0.25, -0.2) is 13.1 Å². The molecule has 1 unspecified atom stereocenters. The van der Waals surface area contributed by atoms with E-state index in [2.05, 4.69) is 4.72 Å². The summed E-state index contributed by atoms with van der Waals surface area (Å²) >= 11 is 0. The molecule has 1 aromatic rings. The maximum atomic E-state index is 12.5. The molecule has 126 valence electrons. The van der Waals surface area contributed by atoms with Crippen LogP contribution in [0, 0.1) is 0 Å². The molecular formula is C16H22N2O4S. The molecule has 3 rings (SSSR count). The molecule has 2 aliphatic heterocycles. The van der Waals surface area contributed by atoms with Gasteiger partial charge >= 0.3 is 0 Å². The van der Waals surface area contributed by atoms with Crippen LogP contribution in [-0.2, 0) is 26.0 Å². The van der Waals surface area contributed by atoms with Gasteiger partial charge in [0.2, 0.25) is 15.9 Å². The second-order valence-electron chi connectivity index (χ2n) is 6.08. The Hall–Kier alpha value is -1.44. The molecule has 7 heteroatoms. The number of carbonyl (C=O) groups is 1. The highest BCUT2D eigenvalue weighted by atomic mass is 32.2. The third kappa shape index (κ3) is 3.57. The Kier molecular flexibility index (Phi) is 4.70. The van der Waals surface area contributed by atoms with Crippen LogP contribution in [0.4, 0.5) is 5.69 Å². The number of rotatable bonds is 4. The number of ether oxygens (including phenoxy) is 1. The Bertz CT molecular complexity index is 696. The smallest absolute Gasteiger partial charge is 0.240 e. The average Bonchev–Trinajstić information content (AvgIpc) is 3.01. The quantitative estimate of drug-likeness (QED) is 0.901. The van der Waals surface area contributed by atoms with Gasteiger partial charge in [-0.15, -0.1) is 0 Å². The van der Waals surface area contributed by atoms with Gasteiger partial charge in [0.25, 0.3) is 0 Å². The summed E-state index contributed by atoms with van der Waals surface area (Å²) in [5.41, 5.74) is 1.70. The van der Waals surface area contributed by atoms with Crippen LogP contribution < -0.4 is 9.62 Å². The molecule has 2 aliphatic rings. The van der Waals surface area contributed by atoms with Gasteiger partial charge < -0.3 is 9.64 Å². The van der Waals surface area contributed by atoms with Crippen molar-refractivity contribution in [2.75, 3.05) is 25.1 Å². The van der Waals surface area contributed by atoms with Crippen molar-refractivity contribution in [2.24, 2.45) is 0 Å². The van der Waals surface area contributed by atoms with E-state index in [1.165, 1.54) is 0 Å². The van der Waals surface area contributed by atoms with Crippen molar-refractivity contribution in [1.82, 2.24) is 4.72 Å². The number of hydrogen-bond donors (Lipinski definition) is 1. The lowest BCUT2D eigenvalue weighted by Gasteiger charge is -2.18. The molecule has 1 saturated heterocycles. The van der Waals surface area contributed by atoms with Crippen LogP contribution >= 0.6 is 0 Å². The minimum absolute atomic E-state index is 0.0330. The standard InChI is InChI=1S/C16H22N2O4S/c1-18-15-8-7-14(10-12(15)4-2-6-16(18)19)23(20,21)17-11-13-5-3-9-22-13/h7-8,10,13,17H,2-6,9,11H2,1H3. The van der Waals surface area contributed by atoms with Crippen molar-refractivity contribution in [3.8, 4) is 0 Å². The molecule has 0 aliphatic carbocycles. The summed E-state index contributed by atoms with van der Waals surface area (Å²) in [6.07, 6.45) is 3.77. The summed E-state index contributed by atoms with van der Waals surface area (Å²) < 4.78 is 33.0. The van der Waals surface area contributed by atoms with E-state index in [4.69, 9.17) is 4.74 Å². The molecule has 6 nitrogen and oxygen atoms in total. The minimum Gasteiger partial charge on any atom is -0.377 e. The Morgan fingerprint density at radius 3 is 2.87 bits per heavy atom. The van der Waals surface area contributed by atoms with Gasteiger partial charge in [0.1, 0.15) is 0 Å². The first-order valence-corrected chi connectivity index (χ1v) is 9.46. The van der Waals surface area contributed by atoms with Crippen molar-refractivity contribution in [2.45, 2.75) is 43.1 Å². The van der Waals surface area contributed by atoms with Gasteiger partial charge in [0, 0.05) is 32.3 Å². The number of sulfonamides is 1. The lowest BCUT2D eigenvalue weighted by Crippen LogP contribution is -2.32. The van der Waals surface area contributed by atoms with Gasteiger partial charge in [-0.3, -0.25) is 4.79 Å². The number of anilines is 1. The van der Waals surface area contributed by atoms with E-state index < -0.39 is 10.0 Å². The maximum absolute atomic E-state index is 12.5. The highest BCUT2D eigenvalue weighted by Crippen LogP contribution is 2.28. The van der Waals surface area contributed by atoms with Crippen LogP contribution in [-0.4, -0.2) is 40.6 Å². The Morgan fingerprint density at radius 1 is 1.30 bits per heavy atom.